The van der Waals surface area contributed by atoms with Crippen LogP contribution in [0.15, 0.2) is 97.1 Å². The van der Waals surface area contributed by atoms with Gasteiger partial charge < -0.3 is 0 Å². The third-order valence-corrected chi connectivity index (χ3v) is 9.59. The zero-order valence-corrected chi connectivity index (χ0v) is 23.2. The summed E-state index contributed by atoms with van der Waals surface area (Å²) in [7, 11) is 0. The molecule has 0 aliphatic carbocycles. The highest BCUT2D eigenvalue weighted by Crippen LogP contribution is 2.41. The van der Waals surface area contributed by atoms with Crippen LogP contribution in [0, 0.1) is 27.7 Å². The van der Waals surface area contributed by atoms with Gasteiger partial charge in [-0.3, -0.25) is 0 Å². The average molecular weight is 509 g/mol. The number of rotatable bonds is 0. The van der Waals surface area contributed by atoms with Gasteiger partial charge in [0, 0.05) is 0 Å². The molecule has 0 heteroatoms. The van der Waals surface area contributed by atoms with Gasteiger partial charge in [0.2, 0.25) is 0 Å². The van der Waals surface area contributed by atoms with Crippen molar-refractivity contribution in [2.75, 3.05) is 0 Å². The first kappa shape index (κ1) is 22.2. The summed E-state index contributed by atoms with van der Waals surface area (Å²) in [5, 5.41) is 21.2. The Morgan fingerprint density at radius 3 is 0.750 bits per heavy atom. The summed E-state index contributed by atoms with van der Waals surface area (Å²) < 4.78 is 0. The van der Waals surface area contributed by atoms with Gasteiger partial charge in [0.25, 0.3) is 0 Å². The second-order valence-electron chi connectivity index (χ2n) is 12.0. The van der Waals surface area contributed by atoms with Crippen LogP contribution in [0.5, 0.6) is 0 Å². The van der Waals surface area contributed by atoms with Crippen LogP contribution in [-0.4, -0.2) is 0 Å². The molecule has 0 amide bonds. The summed E-state index contributed by atoms with van der Waals surface area (Å²) in [5.41, 5.74) is 5.32. The molecule has 188 valence electrons. The number of aryl methyl sites for hydroxylation is 4. The van der Waals surface area contributed by atoms with E-state index in [9.17, 15) is 0 Å². The first-order chi connectivity index (χ1) is 19.4. The summed E-state index contributed by atoms with van der Waals surface area (Å²) in [6, 6.07) is 37.9. The van der Waals surface area contributed by atoms with E-state index in [-0.39, 0.29) is 0 Å². The van der Waals surface area contributed by atoms with E-state index in [2.05, 4.69) is 125 Å². The van der Waals surface area contributed by atoms with E-state index in [4.69, 9.17) is 0 Å². The molecule has 0 saturated carbocycles. The maximum atomic E-state index is 2.44. The van der Waals surface area contributed by atoms with Crippen molar-refractivity contribution in [1.29, 1.82) is 0 Å². The van der Waals surface area contributed by atoms with Gasteiger partial charge in [0.15, 0.2) is 0 Å². The predicted octanol–water partition coefficient (Wildman–Crippen LogP) is 11.6. The van der Waals surface area contributed by atoms with Crippen molar-refractivity contribution in [2.24, 2.45) is 0 Å². The SMILES string of the molecule is Cc1cc2cc(C)c3ccc4cc3c2c2cc(ccc12)c1ccc2c(C)cc3cc(C)c5ccc4cc5c3c2c1. The molecule has 40 heavy (non-hydrogen) atoms. The lowest BCUT2D eigenvalue weighted by Crippen LogP contribution is -1.89. The van der Waals surface area contributed by atoms with E-state index in [0.29, 0.717) is 0 Å². The Labute approximate surface area is 232 Å². The maximum Gasteiger partial charge on any atom is -0.00260 e. The van der Waals surface area contributed by atoms with Gasteiger partial charge >= 0.3 is 0 Å². The van der Waals surface area contributed by atoms with Gasteiger partial charge in [0.05, 0.1) is 0 Å². The Kier molecular flexibility index (Phi) is 4.15. The zero-order chi connectivity index (χ0) is 26.9. The van der Waals surface area contributed by atoms with Gasteiger partial charge in [-0.05, 0) is 160 Å². The van der Waals surface area contributed by atoms with E-state index in [1.165, 1.54) is 108 Å². The molecule has 9 rings (SSSR count). The third-order valence-electron chi connectivity index (χ3n) is 9.59. The molecule has 0 fully saturated rings. The topological polar surface area (TPSA) is 0 Å². The monoisotopic (exact) mass is 508 g/mol. The number of fused-ring (bicyclic) bond motifs is 6. The van der Waals surface area contributed by atoms with Crippen LogP contribution >= 0.6 is 0 Å². The van der Waals surface area contributed by atoms with Crippen molar-refractivity contribution in [3.05, 3.63) is 119 Å². The molecule has 0 unspecified atom stereocenters. The lowest BCUT2D eigenvalue weighted by molar-refractivity contribution is 1.53. The lowest BCUT2D eigenvalue weighted by atomic mass is 9.88. The minimum absolute atomic E-state index is 1.27. The van der Waals surface area contributed by atoms with Crippen LogP contribution in [-0.2, 0) is 0 Å². The predicted molar refractivity (Wildman–Crippen MR) is 177 cm³/mol. The fraction of sp³-hybridized carbons (Fsp3) is 0.100. The fourth-order valence-corrected chi connectivity index (χ4v) is 7.63. The third kappa shape index (κ3) is 2.81. The Hall–Kier alpha value is -4.68. The summed E-state index contributed by atoms with van der Waals surface area (Å²) in [6.07, 6.45) is 0. The molecule has 0 aliphatic heterocycles. The summed E-state index contributed by atoms with van der Waals surface area (Å²) in [5.74, 6) is 0. The highest BCUT2D eigenvalue weighted by molar-refractivity contribution is 6.26. The van der Waals surface area contributed by atoms with E-state index in [0.717, 1.165) is 0 Å². The van der Waals surface area contributed by atoms with Crippen LogP contribution in [0.25, 0.3) is 86.2 Å². The molecule has 0 aromatic heterocycles. The average Bonchev–Trinajstić information content (AvgIpc) is 2.95. The maximum absolute atomic E-state index is 2.44. The van der Waals surface area contributed by atoms with Crippen LogP contribution < -0.4 is 0 Å². The van der Waals surface area contributed by atoms with Crippen LogP contribution in [0.1, 0.15) is 22.3 Å². The minimum atomic E-state index is 1.27. The molecule has 0 spiro atoms. The van der Waals surface area contributed by atoms with Crippen molar-refractivity contribution < 1.29 is 0 Å². The number of benzene rings is 8. The molecule has 0 nitrogen and oxygen atoms in total. The Bertz CT molecular complexity index is 2210. The standard InChI is InChI=1S/C40H28/c1-21-13-29-14-22(2)32-10-7-27-18-36(32)39(29)35-17-25(5-9-31(21)35)26-6-11-33-23(3)15-30-16-24(4)34-12-8-28(27)20-38(34)40(30)37(33)19-26/h5-20H,1-4H3. The highest BCUT2D eigenvalue weighted by atomic mass is 14.2. The molecule has 0 radical (unpaired) electrons. The van der Waals surface area contributed by atoms with Gasteiger partial charge in [0.1, 0.15) is 0 Å². The summed E-state index contributed by atoms with van der Waals surface area (Å²) in [4.78, 5) is 0. The van der Waals surface area contributed by atoms with Crippen LogP contribution in [0.4, 0.5) is 0 Å². The van der Waals surface area contributed by atoms with Crippen molar-refractivity contribution in [3.8, 4) is 0 Å². The first-order valence-corrected chi connectivity index (χ1v) is 14.3. The molecular weight excluding hydrogens is 480 g/mol. The first-order valence-electron chi connectivity index (χ1n) is 14.3. The van der Waals surface area contributed by atoms with Gasteiger partial charge in [-0.2, -0.15) is 0 Å². The van der Waals surface area contributed by atoms with Crippen LogP contribution in [0.3, 0.4) is 0 Å². The van der Waals surface area contributed by atoms with E-state index >= 15 is 0 Å². The van der Waals surface area contributed by atoms with Gasteiger partial charge in [-0.1, -0.05) is 72.8 Å². The molecule has 0 heterocycles. The summed E-state index contributed by atoms with van der Waals surface area (Å²) in [6.45, 7) is 9.00. The van der Waals surface area contributed by atoms with Crippen molar-refractivity contribution >= 4 is 86.2 Å². The second kappa shape index (κ2) is 7.49. The molecular formula is C40H28. The Morgan fingerprint density at radius 2 is 0.500 bits per heavy atom. The van der Waals surface area contributed by atoms with E-state index in [1.807, 2.05) is 0 Å². The summed E-state index contributed by atoms with van der Waals surface area (Å²) >= 11 is 0. The van der Waals surface area contributed by atoms with Crippen LogP contribution in [0.2, 0.25) is 0 Å². The van der Waals surface area contributed by atoms with E-state index < -0.39 is 0 Å². The largest absolute Gasteiger partial charge is 0.0537 e. The van der Waals surface area contributed by atoms with Crippen molar-refractivity contribution in [1.82, 2.24) is 0 Å². The molecule has 0 aliphatic rings. The zero-order valence-electron chi connectivity index (χ0n) is 23.2. The number of hydrogen-bond acceptors (Lipinski definition) is 0. The highest BCUT2D eigenvalue weighted by Gasteiger charge is 2.14. The normalized spacial score (nSPS) is 12.5. The van der Waals surface area contributed by atoms with Crippen molar-refractivity contribution in [3.63, 3.8) is 0 Å². The molecule has 8 bridgehead atoms. The quantitative estimate of drug-likeness (QED) is 0.179. The molecule has 0 saturated heterocycles. The smallest absolute Gasteiger partial charge is 0.00260 e. The molecule has 0 N–H and O–H groups in total. The lowest BCUT2D eigenvalue weighted by Gasteiger charge is -2.15. The van der Waals surface area contributed by atoms with Gasteiger partial charge in [-0.25, -0.2) is 0 Å². The number of hydrogen-bond donors (Lipinski definition) is 0. The molecule has 0 atom stereocenters. The van der Waals surface area contributed by atoms with Gasteiger partial charge in [-0.15, -0.1) is 0 Å². The van der Waals surface area contributed by atoms with Crippen molar-refractivity contribution in [2.45, 2.75) is 27.7 Å². The van der Waals surface area contributed by atoms with E-state index in [1.54, 1.807) is 0 Å². The second-order valence-corrected chi connectivity index (χ2v) is 12.0. The Morgan fingerprint density at radius 1 is 0.250 bits per heavy atom. The Balaban J connectivity index is 1.67. The minimum Gasteiger partial charge on any atom is -0.0537 e. The molecule has 9 aromatic rings. The fourth-order valence-electron chi connectivity index (χ4n) is 7.63. The molecule has 9 aromatic carbocycles.